The van der Waals surface area contributed by atoms with Crippen molar-refractivity contribution in [3.8, 4) is 5.75 Å². The van der Waals surface area contributed by atoms with Crippen molar-refractivity contribution < 1.29 is 24.2 Å². The molecule has 1 atom stereocenters. The van der Waals surface area contributed by atoms with Crippen molar-refractivity contribution >= 4 is 17.8 Å². The number of aromatic carboxylic acids is 1. The molecule has 0 fully saturated rings. The number of carbonyl (C=O) groups excluding carboxylic acids is 2. The molecule has 3 aromatic rings. The Balaban J connectivity index is 1.69. The van der Waals surface area contributed by atoms with Gasteiger partial charge >= 0.3 is 5.97 Å². The lowest BCUT2D eigenvalue weighted by molar-refractivity contribution is 0.0529. The molecule has 6 heteroatoms. The van der Waals surface area contributed by atoms with Crippen LogP contribution in [-0.2, 0) is 0 Å². The number of benzene rings is 3. The van der Waals surface area contributed by atoms with Crippen LogP contribution < -0.4 is 4.74 Å². The van der Waals surface area contributed by atoms with Crippen molar-refractivity contribution in [1.29, 1.82) is 0 Å². The van der Waals surface area contributed by atoms with Gasteiger partial charge in [0.05, 0.1) is 22.7 Å². The standard InChI is InChI=1S/C25H21NO5/c1-15-10-16(2)12-19(11-15)31-14-22(17-6-4-3-5-7-17)26-23(27)20-9-8-18(25(29)30)13-21(20)24(26)28/h3-13,22H,14H2,1-2H3,(H,29,30)/t22-/m1/s1. The highest BCUT2D eigenvalue weighted by molar-refractivity contribution is 6.22. The van der Waals surface area contributed by atoms with Crippen LogP contribution in [0.1, 0.15) is 53.8 Å². The van der Waals surface area contributed by atoms with E-state index >= 15 is 0 Å². The van der Waals surface area contributed by atoms with Crippen LogP contribution in [0.15, 0.2) is 66.7 Å². The van der Waals surface area contributed by atoms with E-state index in [2.05, 4.69) is 0 Å². The minimum absolute atomic E-state index is 0.0375. The molecule has 0 saturated heterocycles. The molecule has 4 rings (SSSR count). The smallest absolute Gasteiger partial charge is 0.335 e. The molecule has 0 spiro atoms. The fraction of sp³-hybridized carbons (Fsp3) is 0.160. The highest BCUT2D eigenvalue weighted by Crippen LogP contribution is 2.33. The second kappa shape index (κ2) is 8.07. The fourth-order valence-electron chi connectivity index (χ4n) is 3.86. The summed E-state index contributed by atoms with van der Waals surface area (Å²) in [6.45, 7) is 4.02. The summed E-state index contributed by atoms with van der Waals surface area (Å²) in [5.41, 5.74) is 3.10. The predicted molar refractivity (Wildman–Crippen MR) is 114 cm³/mol. The van der Waals surface area contributed by atoms with Crippen molar-refractivity contribution in [2.45, 2.75) is 19.9 Å². The van der Waals surface area contributed by atoms with Gasteiger partial charge in [-0.1, -0.05) is 36.4 Å². The third-order valence-electron chi connectivity index (χ3n) is 5.26. The Morgan fingerprint density at radius 1 is 0.903 bits per heavy atom. The number of carboxylic acid groups (broad SMARTS) is 1. The first-order chi connectivity index (χ1) is 14.8. The molecule has 6 nitrogen and oxygen atoms in total. The van der Waals surface area contributed by atoms with Crippen molar-refractivity contribution in [2.75, 3.05) is 6.61 Å². The molecule has 156 valence electrons. The SMILES string of the molecule is Cc1cc(C)cc(OC[C@H](c2ccccc2)N2C(=O)c3ccc(C(=O)O)cc3C2=O)c1. The van der Waals surface area contributed by atoms with Gasteiger partial charge in [-0.25, -0.2) is 4.79 Å². The lowest BCUT2D eigenvalue weighted by atomic mass is 10.1. The zero-order valence-electron chi connectivity index (χ0n) is 17.2. The number of rotatable bonds is 6. The number of carboxylic acids is 1. The van der Waals surface area contributed by atoms with Gasteiger partial charge in [0.2, 0.25) is 0 Å². The van der Waals surface area contributed by atoms with Crippen LogP contribution >= 0.6 is 0 Å². The quantitative estimate of drug-likeness (QED) is 0.603. The van der Waals surface area contributed by atoms with E-state index in [1.807, 2.05) is 62.4 Å². The molecule has 0 aromatic heterocycles. The molecule has 0 aliphatic carbocycles. The summed E-state index contributed by atoms with van der Waals surface area (Å²) < 4.78 is 6.01. The average molecular weight is 415 g/mol. The number of imide groups is 1. The first kappa shape index (κ1) is 20.3. The minimum atomic E-state index is -1.15. The largest absolute Gasteiger partial charge is 0.491 e. The molecule has 1 N–H and O–H groups in total. The zero-order chi connectivity index (χ0) is 22.1. The summed E-state index contributed by atoms with van der Waals surface area (Å²) in [4.78, 5) is 38.8. The minimum Gasteiger partial charge on any atom is -0.491 e. The first-order valence-corrected chi connectivity index (χ1v) is 9.86. The number of fused-ring (bicyclic) bond motifs is 1. The summed E-state index contributed by atoms with van der Waals surface area (Å²) in [6.07, 6.45) is 0. The van der Waals surface area contributed by atoms with Gasteiger partial charge in [-0.3, -0.25) is 14.5 Å². The number of amides is 2. The highest BCUT2D eigenvalue weighted by atomic mass is 16.5. The summed E-state index contributed by atoms with van der Waals surface area (Å²) in [6, 6.07) is 18.3. The number of ether oxygens (including phenoxy) is 1. The molecular weight excluding hydrogens is 394 g/mol. The van der Waals surface area contributed by atoms with E-state index in [1.165, 1.54) is 18.2 Å². The maximum atomic E-state index is 13.2. The van der Waals surface area contributed by atoms with Crippen molar-refractivity contribution in [1.82, 2.24) is 4.90 Å². The van der Waals surface area contributed by atoms with E-state index in [0.717, 1.165) is 21.6 Å². The summed E-state index contributed by atoms with van der Waals surface area (Å²) >= 11 is 0. The molecule has 1 aliphatic heterocycles. The van der Waals surface area contributed by atoms with E-state index in [0.29, 0.717) is 5.75 Å². The molecule has 0 bridgehead atoms. The molecule has 2 amide bonds. The molecule has 31 heavy (non-hydrogen) atoms. The summed E-state index contributed by atoms with van der Waals surface area (Å²) in [5.74, 6) is -1.49. The number of aryl methyl sites for hydroxylation is 2. The number of hydrogen-bond acceptors (Lipinski definition) is 4. The number of hydrogen-bond donors (Lipinski definition) is 1. The van der Waals surface area contributed by atoms with Crippen molar-refractivity contribution in [3.05, 3.63) is 100 Å². The lowest BCUT2D eigenvalue weighted by Gasteiger charge is -2.27. The Bertz CT molecular complexity index is 1170. The molecule has 3 aromatic carbocycles. The second-order valence-electron chi connectivity index (χ2n) is 7.61. The van der Waals surface area contributed by atoms with Gasteiger partial charge in [-0.05, 0) is 60.9 Å². The Morgan fingerprint density at radius 2 is 1.55 bits per heavy atom. The molecule has 0 radical (unpaired) electrons. The van der Waals surface area contributed by atoms with E-state index in [1.54, 1.807) is 0 Å². The van der Waals surface area contributed by atoms with E-state index in [9.17, 15) is 19.5 Å². The van der Waals surface area contributed by atoms with Crippen LogP contribution in [0.25, 0.3) is 0 Å². The third-order valence-corrected chi connectivity index (χ3v) is 5.26. The Hall–Kier alpha value is -3.93. The molecule has 0 saturated carbocycles. The lowest BCUT2D eigenvalue weighted by Crippen LogP contribution is -2.37. The molecular formula is C25H21NO5. The van der Waals surface area contributed by atoms with Crippen LogP contribution in [0.3, 0.4) is 0 Å². The van der Waals surface area contributed by atoms with Crippen LogP contribution in [0.2, 0.25) is 0 Å². The van der Waals surface area contributed by atoms with Gasteiger partial charge in [0.25, 0.3) is 11.8 Å². The van der Waals surface area contributed by atoms with Gasteiger partial charge < -0.3 is 9.84 Å². The second-order valence-corrected chi connectivity index (χ2v) is 7.61. The summed E-state index contributed by atoms with van der Waals surface area (Å²) in [7, 11) is 0. The maximum absolute atomic E-state index is 13.2. The highest BCUT2D eigenvalue weighted by Gasteiger charge is 2.41. The van der Waals surface area contributed by atoms with Crippen molar-refractivity contribution in [2.24, 2.45) is 0 Å². The van der Waals surface area contributed by atoms with Crippen LogP contribution in [0.5, 0.6) is 5.75 Å². The van der Waals surface area contributed by atoms with Crippen LogP contribution in [0, 0.1) is 13.8 Å². The van der Waals surface area contributed by atoms with E-state index in [-0.39, 0.29) is 23.3 Å². The number of carbonyl (C=O) groups is 3. The zero-order valence-corrected chi connectivity index (χ0v) is 17.2. The molecule has 1 aliphatic rings. The average Bonchev–Trinajstić information content (AvgIpc) is 2.99. The van der Waals surface area contributed by atoms with Crippen LogP contribution in [0.4, 0.5) is 0 Å². The number of nitrogens with zero attached hydrogens (tertiary/aromatic N) is 1. The van der Waals surface area contributed by atoms with Gasteiger partial charge in [-0.2, -0.15) is 0 Å². The van der Waals surface area contributed by atoms with E-state index < -0.39 is 23.8 Å². The maximum Gasteiger partial charge on any atom is 0.335 e. The van der Waals surface area contributed by atoms with Gasteiger partial charge in [-0.15, -0.1) is 0 Å². The first-order valence-electron chi connectivity index (χ1n) is 9.86. The topological polar surface area (TPSA) is 83.9 Å². The Labute approximate surface area is 179 Å². The van der Waals surface area contributed by atoms with Crippen LogP contribution in [-0.4, -0.2) is 34.4 Å². The Kier molecular flexibility index (Phi) is 5.29. The van der Waals surface area contributed by atoms with Crippen molar-refractivity contribution in [3.63, 3.8) is 0 Å². The van der Waals surface area contributed by atoms with Gasteiger partial charge in [0.1, 0.15) is 12.4 Å². The van der Waals surface area contributed by atoms with E-state index in [4.69, 9.17) is 4.74 Å². The normalized spacial score (nSPS) is 13.8. The Morgan fingerprint density at radius 3 is 2.19 bits per heavy atom. The monoisotopic (exact) mass is 415 g/mol. The fourth-order valence-corrected chi connectivity index (χ4v) is 3.86. The predicted octanol–water partition coefficient (Wildman–Crippen LogP) is 4.42. The summed E-state index contributed by atoms with van der Waals surface area (Å²) in [5, 5.41) is 9.25. The molecule has 0 unspecified atom stereocenters. The third kappa shape index (κ3) is 3.92. The van der Waals surface area contributed by atoms with Gasteiger partial charge in [0.15, 0.2) is 0 Å². The molecule has 1 heterocycles. The van der Waals surface area contributed by atoms with Gasteiger partial charge in [0, 0.05) is 0 Å².